The molecule has 0 unspecified atom stereocenters. The molecule has 0 fully saturated rings. The van der Waals surface area contributed by atoms with Gasteiger partial charge in [-0.3, -0.25) is 0 Å². The highest BCUT2D eigenvalue weighted by Gasteiger charge is 2.05. The van der Waals surface area contributed by atoms with E-state index >= 15 is 0 Å². The highest BCUT2D eigenvalue weighted by atomic mass is 79.9. The first-order valence-corrected chi connectivity index (χ1v) is 5.37. The first-order valence-electron chi connectivity index (χ1n) is 3.03. The molecule has 0 aromatic carbocycles. The smallest absolute Gasteiger partial charge is 0.159 e. The Morgan fingerprint density at radius 3 is 3.00 bits per heavy atom. The largest absolute Gasteiger partial charge is 0.247 e. The molecule has 1 rings (SSSR count). The van der Waals surface area contributed by atoms with Crippen LogP contribution in [0.2, 0.25) is 0 Å². The quantitative estimate of drug-likeness (QED) is 0.578. The van der Waals surface area contributed by atoms with Crippen LogP contribution in [0, 0.1) is 5.82 Å². The Balaban J connectivity index is 3.10. The van der Waals surface area contributed by atoms with Crippen LogP contribution >= 0.6 is 27.7 Å². The topological polar surface area (TPSA) is 12.9 Å². The van der Waals surface area contributed by atoms with Crippen molar-refractivity contribution in [2.24, 2.45) is 0 Å². The summed E-state index contributed by atoms with van der Waals surface area (Å²) in [5.74, 6) is -0.211. The number of thioether (sulfide) groups is 1. The molecule has 1 aromatic rings. The molecule has 1 nitrogen and oxygen atoms in total. The Kier molecular flexibility index (Phi) is 3.33. The molecule has 1 heterocycles. The van der Waals surface area contributed by atoms with Gasteiger partial charge in [0.05, 0.1) is 0 Å². The number of halogens is 2. The van der Waals surface area contributed by atoms with Gasteiger partial charge >= 0.3 is 0 Å². The zero-order valence-corrected chi connectivity index (χ0v) is 8.38. The average Bonchev–Trinajstić information content (AvgIpc) is 2.05. The minimum Gasteiger partial charge on any atom is -0.247 e. The molecule has 0 aliphatic rings. The normalized spacial score (nSPS) is 10.1. The molecule has 0 radical (unpaired) electrons. The summed E-state index contributed by atoms with van der Waals surface area (Å²) in [7, 11) is 0. The number of nitrogens with zero attached hydrogens (tertiary/aromatic N) is 1. The summed E-state index contributed by atoms with van der Waals surface area (Å²) in [6.07, 6.45) is 3.43. The maximum absolute atomic E-state index is 13.2. The molecule has 0 bridgehead atoms. The number of hydrogen-bond acceptors (Lipinski definition) is 2. The van der Waals surface area contributed by atoms with Gasteiger partial charge in [-0.1, -0.05) is 15.9 Å². The maximum atomic E-state index is 13.2. The highest BCUT2D eigenvalue weighted by Crippen LogP contribution is 2.20. The van der Waals surface area contributed by atoms with Crippen LogP contribution < -0.4 is 0 Å². The second kappa shape index (κ2) is 4.07. The molecule has 0 N–H and O–H groups in total. The van der Waals surface area contributed by atoms with Crippen LogP contribution in [0.3, 0.4) is 0 Å². The minimum atomic E-state index is -0.211. The lowest BCUT2D eigenvalue weighted by atomic mass is 10.3. The van der Waals surface area contributed by atoms with Crippen molar-refractivity contribution in [3.63, 3.8) is 0 Å². The van der Waals surface area contributed by atoms with Gasteiger partial charge in [-0.2, -0.15) is 0 Å². The predicted molar refractivity (Wildman–Crippen MR) is 48.6 cm³/mol. The van der Waals surface area contributed by atoms with Crippen molar-refractivity contribution < 1.29 is 4.39 Å². The van der Waals surface area contributed by atoms with Gasteiger partial charge in [0.25, 0.3) is 0 Å². The van der Waals surface area contributed by atoms with E-state index in [2.05, 4.69) is 20.9 Å². The Bertz CT molecular complexity index is 232. The van der Waals surface area contributed by atoms with Crippen molar-refractivity contribution in [2.45, 2.75) is 10.4 Å². The first kappa shape index (κ1) is 9.00. The molecule has 60 valence electrons. The monoisotopic (exact) mass is 235 g/mol. The third-order valence-electron chi connectivity index (χ3n) is 1.27. The maximum Gasteiger partial charge on any atom is 0.159 e. The van der Waals surface area contributed by atoms with Crippen molar-refractivity contribution in [2.75, 3.05) is 6.26 Å². The van der Waals surface area contributed by atoms with Gasteiger partial charge in [0.1, 0.15) is 5.03 Å². The summed E-state index contributed by atoms with van der Waals surface area (Å²) in [5, 5.41) is 0.997. The molecule has 1 aromatic heterocycles. The number of rotatable bonds is 2. The van der Waals surface area contributed by atoms with Crippen LogP contribution in [0.5, 0.6) is 0 Å². The van der Waals surface area contributed by atoms with Gasteiger partial charge in [-0.25, -0.2) is 9.37 Å². The Morgan fingerprint density at radius 1 is 1.73 bits per heavy atom. The summed E-state index contributed by atoms with van der Waals surface area (Å²) in [4.78, 5) is 3.87. The predicted octanol–water partition coefficient (Wildman–Crippen LogP) is 2.84. The van der Waals surface area contributed by atoms with Crippen LogP contribution in [-0.4, -0.2) is 11.2 Å². The van der Waals surface area contributed by atoms with E-state index in [0.29, 0.717) is 15.9 Å². The lowest BCUT2D eigenvalue weighted by Gasteiger charge is -2.00. The summed E-state index contributed by atoms with van der Waals surface area (Å²) in [5.41, 5.74) is 0.657. The second-order valence-corrected chi connectivity index (χ2v) is 3.28. The van der Waals surface area contributed by atoms with Gasteiger partial charge in [0.2, 0.25) is 0 Å². The fourth-order valence-electron chi connectivity index (χ4n) is 0.708. The van der Waals surface area contributed by atoms with Gasteiger partial charge in [-0.05, 0) is 12.3 Å². The van der Waals surface area contributed by atoms with Gasteiger partial charge in [-0.15, -0.1) is 11.8 Å². The second-order valence-electron chi connectivity index (χ2n) is 1.93. The van der Waals surface area contributed by atoms with Crippen LogP contribution in [0.4, 0.5) is 4.39 Å². The molecule has 0 atom stereocenters. The van der Waals surface area contributed by atoms with Crippen LogP contribution in [0.25, 0.3) is 0 Å². The number of aromatic nitrogens is 1. The van der Waals surface area contributed by atoms with E-state index in [0.717, 1.165) is 0 Å². The van der Waals surface area contributed by atoms with E-state index in [1.54, 1.807) is 12.3 Å². The van der Waals surface area contributed by atoms with Crippen LogP contribution in [-0.2, 0) is 5.33 Å². The van der Waals surface area contributed by atoms with Crippen molar-refractivity contribution in [1.82, 2.24) is 4.98 Å². The van der Waals surface area contributed by atoms with Crippen molar-refractivity contribution in [3.05, 3.63) is 23.6 Å². The zero-order valence-electron chi connectivity index (χ0n) is 5.97. The summed E-state index contributed by atoms with van der Waals surface area (Å²) in [6.45, 7) is 0. The molecule has 11 heavy (non-hydrogen) atoms. The fraction of sp³-hybridized carbons (Fsp3) is 0.286. The molecule has 0 saturated heterocycles. The Labute approximate surface area is 77.5 Å². The van der Waals surface area contributed by atoms with E-state index in [1.165, 1.54) is 11.8 Å². The lowest BCUT2D eigenvalue weighted by molar-refractivity contribution is 0.578. The molecule has 0 spiro atoms. The number of alkyl halides is 1. The lowest BCUT2D eigenvalue weighted by Crippen LogP contribution is -1.91. The first-order chi connectivity index (χ1) is 5.29. The third kappa shape index (κ3) is 1.93. The molecular formula is C7H7BrFNS. The summed E-state index contributed by atoms with van der Waals surface area (Å²) in [6, 6.07) is 1.67. The van der Waals surface area contributed by atoms with E-state index < -0.39 is 0 Å². The van der Waals surface area contributed by atoms with E-state index in [4.69, 9.17) is 0 Å². The average molecular weight is 236 g/mol. The summed E-state index contributed by atoms with van der Waals surface area (Å²) >= 11 is 4.51. The molecule has 0 aliphatic heterocycles. The highest BCUT2D eigenvalue weighted by molar-refractivity contribution is 9.08. The Hall–Kier alpha value is -0.0900. The van der Waals surface area contributed by atoms with E-state index in [1.807, 2.05) is 6.26 Å². The number of pyridine rings is 1. The molecule has 4 heteroatoms. The standard InChI is InChI=1S/C7H7BrFNS/c1-11-7-6(9)5(4-8)2-3-10-7/h2-3H,4H2,1H3. The van der Waals surface area contributed by atoms with Crippen LogP contribution in [0.1, 0.15) is 5.56 Å². The van der Waals surface area contributed by atoms with Crippen molar-refractivity contribution >= 4 is 27.7 Å². The van der Waals surface area contributed by atoms with E-state index in [9.17, 15) is 4.39 Å². The summed E-state index contributed by atoms with van der Waals surface area (Å²) < 4.78 is 13.2. The number of hydrogen-bond donors (Lipinski definition) is 0. The van der Waals surface area contributed by atoms with E-state index in [-0.39, 0.29) is 5.82 Å². The van der Waals surface area contributed by atoms with Gasteiger partial charge in [0.15, 0.2) is 5.82 Å². The zero-order chi connectivity index (χ0) is 8.27. The molecule has 0 amide bonds. The molecule has 0 saturated carbocycles. The molecule has 0 aliphatic carbocycles. The Morgan fingerprint density at radius 2 is 2.45 bits per heavy atom. The van der Waals surface area contributed by atoms with Crippen LogP contribution in [0.15, 0.2) is 17.3 Å². The minimum absolute atomic E-state index is 0.211. The van der Waals surface area contributed by atoms with Gasteiger partial charge < -0.3 is 0 Å². The van der Waals surface area contributed by atoms with Crippen molar-refractivity contribution in [3.8, 4) is 0 Å². The molecular weight excluding hydrogens is 229 g/mol. The third-order valence-corrected chi connectivity index (χ3v) is 2.55. The SMILES string of the molecule is CSc1nccc(CBr)c1F. The van der Waals surface area contributed by atoms with Gasteiger partial charge in [0, 0.05) is 17.1 Å². The fourth-order valence-corrected chi connectivity index (χ4v) is 1.62. The van der Waals surface area contributed by atoms with Crippen molar-refractivity contribution in [1.29, 1.82) is 0 Å².